The number of hydrogen-bond donors (Lipinski definition) is 1. The zero-order valence-corrected chi connectivity index (χ0v) is 13.6. The number of halogens is 2. The molecule has 1 aliphatic rings. The van der Waals surface area contributed by atoms with E-state index in [1.807, 2.05) is 0 Å². The molecule has 5 nitrogen and oxygen atoms in total. The summed E-state index contributed by atoms with van der Waals surface area (Å²) in [5.41, 5.74) is 0.829. The molecule has 0 aliphatic carbocycles. The van der Waals surface area contributed by atoms with E-state index in [9.17, 15) is 9.59 Å². The van der Waals surface area contributed by atoms with Crippen LogP contribution in [0.5, 0.6) is 0 Å². The van der Waals surface area contributed by atoms with Gasteiger partial charge >= 0.3 is 6.03 Å². The van der Waals surface area contributed by atoms with Crippen LogP contribution in [0.2, 0.25) is 10.0 Å². The summed E-state index contributed by atoms with van der Waals surface area (Å²) in [4.78, 5) is 24.8. The Hall–Kier alpha value is -2.24. The number of urea groups is 1. The second-order valence-electron chi connectivity index (χ2n) is 4.84. The van der Waals surface area contributed by atoms with E-state index in [0.29, 0.717) is 33.7 Å². The Morgan fingerprint density at radius 2 is 2.00 bits per heavy atom. The summed E-state index contributed by atoms with van der Waals surface area (Å²) >= 11 is 12.2. The molecule has 0 spiro atoms. The van der Waals surface area contributed by atoms with Crippen molar-refractivity contribution in [3.05, 3.63) is 51.8 Å². The average molecular weight is 351 g/mol. The fraction of sp³-hybridized carbons (Fsp3) is 0.125. The predicted octanol–water partition coefficient (Wildman–Crippen LogP) is 4.17. The first-order valence-corrected chi connectivity index (χ1v) is 7.65. The zero-order chi connectivity index (χ0) is 16.6. The molecular formula is C16H12Cl2N2O3. The van der Waals surface area contributed by atoms with Crippen LogP contribution in [0.1, 0.15) is 12.7 Å². The van der Waals surface area contributed by atoms with E-state index in [1.54, 1.807) is 37.3 Å². The molecule has 3 rings (SSSR count). The maximum atomic E-state index is 12.0. The van der Waals surface area contributed by atoms with Crippen molar-refractivity contribution < 1.29 is 14.0 Å². The molecule has 1 N–H and O–H groups in total. The lowest BCUT2D eigenvalue weighted by Crippen LogP contribution is -2.30. The van der Waals surface area contributed by atoms with Crippen LogP contribution in [-0.4, -0.2) is 23.4 Å². The third-order valence-electron chi connectivity index (χ3n) is 3.41. The van der Waals surface area contributed by atoms with Gasteiger partial charge in [-0.3, -0.25) is 9.69 Å². The highest BCUT2D eigenvalue weighted by atomic mass is 35.5. The molecule has 23 heavy (non-hydrogen) atoms. The standard InChI is InChI=1S/C16H12Cl2N2O3/c1-2-20-15(21)12(19-16(20)22)8-9-6-7-13(23-9)10-4-3-5-11(17)14(10)18/h3-8H,2H2,1H3,(H,19,22)/b12-8-. The lowest BCUT2D eigenvalue weighted by atomic mass is 10.2. The summed E-state index contributed by atoms with van der Waals surface area (Å²) in [6.07, 6.45) is 1.48. The van der Waals surface area contributed by atoms with Crippen molar-refractivity contribution in [2.45, 2.75) is 6.92 Å². The van der Waals surface area contributed by atoms with E-state index in [0.717, 1.165) is 4.90 Å². The monoisotopic (exact) mass is 350 g/mol. The number of furan rings is 1. The van der Waals surface area contributed by atoms with Crippen molar-refractivity contribution in [3.63, 3.8) is 0 Å². The van der Waals surface area contributed by atoms with Crippen molar-refractivity contribution in [2.75, 3.05) is 6.54 Å². The Kier molecular flexibility index (Phi) is 4.15. The molecule has 118 valence electrons. The number of imide groups is 1. The van der Waals surface area contributed by atoms with Gasteiger partial charge in [0.1, 0.15) is 17.2 Å². The number of carbonyl (C=O) groups is 2. The normalized spacial score (nSPS) is 16.3. The molecule has 0 saturated carbocycles. The van der Waals surface area contributed by atoms with Crippen LogP contribution in [0.3, 0.4) is 0 Å². The largest absolute Gasteiger partial charge is 0.457 e. The van der Waals surface area contributed by atoms with Gasteiger partial charge < -0.3 is 9.73 Å². The number of rotatable bonds is 3. The van der Waals surface area contributed by atoms with Crippen LogP contribution >= 0.6 is 23.2 Å². The Balaban J connectivity index is 1.91. The van der Waals surface area contributed by atoms with Crippen LogP contribution < -0.4 is 5.32 Å². The Bertz CT molecular complexity index is 826. The Morgan fingerprint density at radius 1 is 1.22 bits per heavy atom. The van der Waals surface area contributed by atoms with Gasteiger partial charge in [-0.1, -0.05) is 29.3 Å². The Morgan fingerprint density at radius 3 is 2.70 bits per heavy atom. The Labute approximate surface area is 142 Å². The number of hydrogen-bond acceptors (Lipinski definition) is 3. The predicted molar refractivity (Wildman–Crippen MR) is 88.1 cm³/mol. The minimum Gasteiger partial charge on any atom is -0.457 e. The molecule has 0 unspecified atom stereocenters. The third kappa shape index (κ3) is 2.85. The lowest BCUT2D eigenvalue weighted by molar-refractivity contribution is -0.122. The first kappa shape index (κ1) is 15.6. The first-order chi connectivity index (χ1) is 11.0. The number of benzene rings is 1. The molecule has 1 aromatic heterocycles. The van der Waals surface area contributed by atoms with E-state index in [4.69, 9.17) is 27.6 Å². The van der Waals surface area contributed by atoms with Crippen molar-refractivity contribution in [1.82, 2.24) is 10.2 Å². The lowest BCUT2D eigenvalue weighted by Gasteiger charge is -2.05. The number of carbonyl (C=O) groups excluding carboxylic acids is 2. The summed E-state index contributed by atoms with van der Waals surface area (Å²) in [6, 6.07) is 8.21. The fourth-order valence-corrected chi connectivity index (χ4v) is 2.66. The average Bonchev–Trinajstić information content (AvgIpc) is 3.08. The van der Waals surface area contributed by atoms with Gasteiger partial charge in [-0.25, -0.2) is 4.79 Å². The van der Waals surface area contributed by atoms with E-state index in [-0.39, 0.29) is 11.6 Å². The fourth-order valence-electron chi connectivity index (χ4n) is 2.27. The topological polar surface area (TPSA) is 62.6 Å². The molecule has 1 aromatic carbocycles. The summed E-state index contributed by atoms with van der Waals surface area (Å²) in [6.45, 7) is 2.04. The highest BCUT2D eigenvalue weighted by molar-refractivity contribution is 6.43. The number of nitrogens with zero attached hydrogens (tertiary/aromatic N) is 1. The molecule has 2 heterocycles. The van der Waals surface area contributed by atoms with Gasteiger partial charge in [-0.15, -0.1) is 0 Å². The summed E-state index contributed by atoms with van der Waals surface area (Å²) in [5, 5.41) is 3.34. The molecule has 0 atom stereocenters. The molecule has 1 aliphatic heterocycles. The van der Waals surface area contributed by atoms with E-state index in [2.05, 4.69) is 5.32 Å². The van der Waals surface area contributed by atoms with Crippen LogP contribution in [-0.2, 0) is 4.79 Å². The SMILES string of the molecule is CCN1C(=O)N/C(=C\c2ccc(-c3cccc(Cl)c3Cl)o2)C1=O. The third-order valence-corrected chi connectivity index (χ3v) is 4.23. The van der Waals surface area contributed by atoms with Crippen LogP contribution in [0.4, 0.5) is 4.79 Å². The van der Waals surface area contributed by atoms with Crippen LogP contribution in [0.15, 0.2) is 40.4 Å². The van der Waals surface area contributed by atoms with E-state index < -0.39 is 6.03 Å². The molecule has 1 fully saturated rings. The summed E-state index contributed by atoms with van der Waals surface area (Å²) < 4.78 is 5.68. The number of nitrogens with one attached hydrogen (secondary N) is 1. The van der Waals surface area contributed by atoms with Gasteiger partial charge in [0.05, 0.1) is 10.0 Å². The van der Waals surface area contributed by atoms with Crippen molar-refractivity contribution >= 4 is 41.2 Å². The summed E-state index contributed by atoms with van der Waals surface area (Å²) in [7, 11) is 0. The zero-order valence-electron chi connectivity index (χ0n) is 12.1. The quantitative estimate of drug-likeness (QED) is 0.667. The highest BCUT2D eigenvalue weighted by Crippen LogP contribution is 2.34. The second kappa shape index (κ2) is 6.10. The first-order valence-electron chi connectivity index (χ1n) is 6.90. The molecule has 0 bridgehead atoms. The van der Waals surface area contributed by atoms with Crippen molar-refractivity contribution in [1.29, 1.82) is 0 Å². The maximum Gasteiger partial charge on any atom is 0.328 e. The molecule has 3 amide bonds. The molecule has 7 heteroatoms. The maximum absolute atomic E-state index is 12.0. The van der Waals surface area contributed by atoms with Gasteiger partial charge in [0, 0.05) is 18.2 Å². The van der Waals surface area contributed by atoms with Gasteiger partial charge in [-0.05, 0) is 31.2 Å². The number of amides is 3. The number of likely N-dealkylation sites (N-methyl/N-ethyl adjacent to an activating group) is 1. The van der Waals surface area contributed by atoms with Gasteiger partial charge in [-0.2, -0.15) is 0 Å². The molecular weight excluding hydrogens is 339 g/mol. The molecule has 1 saturated heterocycles. The highest BCUT2D eigenvalue weighted by Gasteiger charge is 2.32. The molecule has 2 aromatic rings. The molecule has 0 radical (unpaired) electrons. The van der Waals surface area contributed by atoms with Crippen molar-refractivity contribution in [3.8, 4) is 11.3 Å². The van der Waals surface area contributed by atoms with Gasteiger partial charge in [0.15, 0.2) is 0 Å². The van der Waals surface area contributed by atoms with Crippen LogP contribution in [0, 0.1) is 0 Å². The van der Waals surface area contributed by atoms with Crippen LogP contribution in [0.25, 0.3) is 17.4 Å². The van der Waals surface area contributed by atoms with E-state index in [1.165, 1.54) is 6.08 Å². The smallest absolute Gasteiger partial charge is 0.328 e. The summed E-state index contributed by atoms with van der Waals surface area (Å²) in [5.74, 6) is 0.572. The van der Waals surface area contributed by atoms with E-state index >= 15 is 0 Å². The minimum atomic E-state index is -0.437. The minimum absolute atomic E-state index is 0.176. The van der Waals surface area contributed by atoms with Crippen molar-refractivity contribution in [2.24, 2.45) is 0 Å². The van der Waals surface area contributed by atoms with Gasteiger partial charge in [0.25, 0.3) is 5.91 Å². The second-order valence-corrected chi connectivity index (χ2v) is 5.63. The van der Waals surface area contributed by atoms with Gasteiger partial charge in [0.2, 0.25) is 0 Å².